The molecule has 4 nitrogen and oxygen atoms in total. The number of hydrogen-bond donors (Lipinski definition) is 1. The third-order valence-electron chi connectivity index (χ3n) is 3.27. The van der Waals surface area contributed by atoms with Gasteiger partial charge in [0.15, 0.2) is 0 Å². The largest absolute Gasteiger partial charge is 0.326 e. The summed E-state index contributed by atoms with van der Waals surface area (Å²) in [5, 5.41) is 3.54. The quantitative estimate of drug-likeness (QED) is 0.741. The number of hydrogen-bond acceptors (Lipinski definition) is 2. The third-order valence-corrected chi connectivity index (χ3v) is 3.99. The zero-order valence-corrected chi connectivity index (χ0v) is 14.1. The van der Waals surface area contributed by atoms with Gasteiger partial charge in [0, 0.05) is 22.6 Å². The van der Waals surface area contributed by atoms with Crippen LogP contribution in [0.25, 0.3) is 5.65 Å². The molecule has 0 radical (unpaired) electrons. The Bertz CT molecular complexity index is 860. The van der Waals surface area contributed by atoms with Gasteiger partial charge in [-0.2, -0.15) is 0 Å². The van der Waals surface area contributed by atoms with Crippen molar-refractivity contribution in [2.75, 3.05) is 5.32 Å². The number of benzene rings is 1. The summed E-state index contributed by atoms with van der Waals surface area (Å²) >= 11 is 9.34. The highest BCUT2D eigenvalue weighted by Gasteiger charge is 2.09. The summed E-state index contributed by atoms with van der Waals surface area (Å²) in [6, 6.07) is 9.33. The van der Waals surface area contributed by atoms with Gasteiger partial charge in [-0.1, -0.05) is 27.5 Å². The molecule has 2 aromatic heterocycles. The molecule has 0 bridgehead atoms. The fourth-order valence-electron chi connectivity index (χ4n) is 2.23. The van der Waals surface area contributed by atoms with E-state index in [2.05, 4.69) is 26.2 Å². The molecule has 0 atom stereocenters. The molecular weight excluding hydrogens is 366 g/mol. The Kier molecular flexibility index (Phi) is 4.18. The maximum atomic E-state index is 12.2. The van der Waals surface area contributed by atoms with E-state index < -0.39 is 0 Å². The van der Waals surface area contributed by atoms with Crippen LogP contribution >= 0.6 is 27.5 Å². The second-order valence-corrected chi connectivity index (χ2v) is 6.38. The Hall–Kier alpha value is -1.85. The highest BCUT2D eigenvalue weighted by molar-refractivity contribution is 9.10. The van der Waals surface area contributed by atoms with Crippen molar-refractivity contribution >= 4 is 44.8 Å². The van der Waals surface area contributed by atoms with E-state index in [9.17, 15) is 4.79 Å². The van der Waals surface area contributed by atoms with Gasteiger partial charge in [-0.3, -0.25) is 4.79 Å². The summed E-state index contributed by atoms with van der Waals surface area (Å²) < 4.78 is 2.80. The van der Waals surface area contributed by atoms with Crippen molar-refractivity contribution in [1.82, 2.24) is 9.38 Å². The SMILES string of the molecule is Cc1cc(Br)ccc1NC(=O)Cc1cn2cc(Cl)ccc2n1. The highest BCUT2D eigenvalue weighted by atomic mass is 79.9. The zero-order valence-electron chi connectivity index (χ0n) is 11.8. The normalized spacial score (nSPS) is 10.9. The monoisotopic (exact) mass is 377 g/mol. The first kappa shape index (κ1) is 15.1. The van der Waals surface area contributed by atoms with Gasteiger partial charge in [0.1, 0.15) is 5.65 Å². The predicted molar refractivity (Wildman–Crippen MR) is 91.4 cm³/mol. The Morgan fingerprint density at radius 3 is 2.91 bits per heavy atom. The summed E-state index contributed by atoms with van der Waals surface area (Å²) in [6.45, 7) is 1.95. The molecule has 112 valence electrons. The van der Waals surface area contributed by atoms with Crippen LogP contribution in [0.3, 0.4) is 0 Å². The van der Waals surface area contributed by atoms with E-state index in [1.807, 2.05) is 41.8 Å². The van der Waals surface area contributed by atoms with Crippen molar-refractivity contribution in [3.8, 4) is 0 Å². The number of aromatic nitrogens is 2. The van der Waals surface area contributed by atoms with Gasteiger partial charge < -0.3 is 9.72 Å². The molecule has 0 unspecified atom stereocenters. The smallest absolute Gasteiger partial charge is 0.230 e. The number of nitrogens with zero attached hydrogens (tertiary/aromatic N) is 2. The van der Waals surface area contributed by atoms with Crippen LogP contribution in [0.4, 0.5) is 5.69 Å². The van der Waals surface area contributed by atoms with Crippen LogP contribution in [0.1, 0.15) is 11.3 Å². The van der Waals surface area contributed by atoms with Crippen LogP contribution in [-0.4, -0.2) is 15.3 Å². The molecule has 3 aromatic rings. The van der Waals surface area contributed by atoms with Crippen molar-refractivity contribution in [1.29, 1.82) is 0 Å². The second-order valence-electron chi connectivity index (χ2n) is 5.03. The lowest BCUT2D eigenvalue weighted by Gasteiger charge is -2.07. The second kappa shape index (κ2) is 6.10. The summed E-state index contributed by atoms with van der Waals surface area (Å²) in [4.78, 5) is 16.6. The minimum absolute atomic E-state index is 0.0973. The minimum atomic E-state index is -0.0973. The van der Waals surface area contributed by atoms with Crippen LogP contribution in [0, 0.1) is 6.92 Å². The van der Waals surface area contributed by atoms with Crippen molar-refractivity contribution in [3.63, 3.8) is 0 Å². The molecule has 22 heavy (non-hydrogen) atoms. The predicted octanol–water partition coefficient (Wildman–Crippen LogP) is 4.24. The van der Waals surface area contributed by atoms with Crippen molar-refractivity contribution < 1.29 is 4.79 Å². The number of aryl methyl sites for hydroxylation is 1. The lowest BCUT2D eigenvalue weighted by Crippen LogP contribution is -2.15. The molecule has 0 fully saturated rings. The first-order valence-corrected chi connectivity index (χ1v) is 7.87. The minimum Gasteiger partial charge on any atom is -0.326 e. The number of nitrogens with one attached hydrogen (secondary N) is 1. The number of fused-ring (bicyclic) bond motifs is 1. The van der Waals surface area contributed by atoms with Gasteiger partial charge >= 0.3 is 0 Å². The average Bonchev–Trinajstić information content (AvgIpc) is 2.83. The fraction of sp³-hybridized carbons (Fsp3) is 0.125. The molecule has 0 saturated heterocycles. The Morgan fingerprint density at radius 1 is 1.32 bits per heavy atom. The fourth-order valence-corrected chi connectivity index (χ4v) is 2.87. The highest BCUT2D eigenvalue weighted by Crippen LogP contribution is 2.20. The molecule has 3 rings (SSSR count). The number of pyridine rings is 1. The van der Waals surface area contributed by atoms with Crippen molar-refractivity contribution in [2.24, 2.45) is 0 Å². The molecule has 0 aliphatic heterocycles. The molecular formula is C16H13BrClN3O. The van der Waals surface area contributed by atoms with Crippen LogP contribution < -0.4 is 5.32 Å². The lowest BCUT2D eigenvalue weighted by atomic mass is 10.2. The van der Waals surface area contributed by atoms with E-state index in [1.165, 1.54) is 0 Å². The number of anilines is 1. The Balaban J connectivity index is 1.75. The number of carbonyl (C=O) groups excluding carboxylic acids is 1. The van der Waals surface area contributed by atoms with Gasteiger partial charge in [-0.15, -0.1) is 0 Å². The molecule has 1 amide bonds. The lowest BCUT2D eigenvalue weighted by molar-refractivity contribution is -0.115. The molecule has 6 heteroatoms. The van der Waals surface area contributed by atoms with Gasteiger partial charge in [-0.25, -0.2) is 4.98 Å². The molecule has 1 N–H and O–H groups in total. The zero-order chi connectivity index (χ0) is 15.7. The van der Waals surface area contributed by atoms with Crippen LogP contribution in [0.5, 0.6) is 0 Å². The van der Waals surface area contributed by atoms with E-state index in [0.717, 1.165) is 21.4 Å². The van der Waals surface area contributed by atoms with Gasteiger partial charge in [0.05, 0.1) is 17.1 Å². The number of carbonyl (C=O) groups is 1. The van der Waals surface area contributed by atoms with Crippen molar-refractivity contribution in [2.45, 2.75) is 13.3 Å². The molecule has 2 heterocycles. The molecule has 0 spiro atoms. The number of rotatable bonds is 3. The number of imidazole rings is 1. The van der Waals surface area contributed by atoms with Crippen LogP contribution in [0.15, 0.2) is 47.2 Å². The van der Waals surface area contributed by atoms with Gasteiger partial charge in [0.25, 0.3) is 0 Å². The first-order chi connectivity index (χ1) is 10.5. The summed E-state index contributed by atoms with van der Waals surface area (Å²) in [6.07, 6.45) is 3.80. The standard InChI is InChI=1S/C16H13BrClN3O/c1-10-6-11(17)2-4-14(10)20-16(22)7-13-9-21-8-12(18)3-5-15(21)19-13/h2-6,8-9H,7H2,1H3,(H,20,22). The molecule has 1 aromatic carbocycles. The topological polar surface area (TPSA) is 46.4 Å². The third kappa shape index (κ3) is 3.31. The summed E-state index contributed by atoms with van der Waals surface area (Å²) in [5.74, 6) is -0.0973. The van der Waals surface area contributed by atoms with Gasteiger partial charge in [-0.05, 0) is 42.8 Å². The van der Waals surface area contributed by atoms with Crippen LogP contribution in [-0.2, 0) is 11.2 Å². The van der Waals surface area contributed by atoms with E-state index in [0.29, 0.717) is 10.7 Å². The summed E-state index contributed by atoms with van der Waals surface area (Å²) in [7, 11) is 0. The molecule has 0 aliphatic rings. The molecule has 0 aliphatic carbocycles. The maximum absolute atomic E-state index is 12.2. The van der Waals surface area contributed by atoms with Crippen LogP contribution in [0.2, 0.25) is 5.02 Å². The number of amides is 1. The van der Waals surface area contributed by atoms with Crippen molar-refractivity contribution in [3.05, 3.63) is 63.5 Å². The molecule has 0 saturated carbocycles. The maximum Gasteiger partial charge on any atom is 0.230 e. The van der Waals surface area contributed by atoms with E-state index in [4.69, 9.17) is 11.6 Å². The Labute approximate surface area is 141 Å². The Morgan fingerprint density at radius 2 is 2.14 bits per heavy atom. The number of halogens is 2. The van der Waals surface area contributed by atoms with Gasteiger partial charge in [0.2, 0.25) is 5.91 Å². The summed E-state index contributed by atoms with van der Waals surface area (Å²) in [5.41, 5.74) is 3.28. The average molecular weight is 379 g/mol. The van der Waals surface area contributed by atoms with E-state index in [1.54, 1.807) is 12.3 Å². The van der Waals surface area contributed by atoms with E-state index in [-0.39, 0.29) is 12.3 Å². The van der Waals surface area contributed by atoms with E-state index >= 15 is 0 Å². The first-order valence-electron chi connectivity index (χ1n) is 6.70.